The molecule has 2 rings (SSSR count). The first-order chi connectivity index (χ1) is 11.3. The van der Waals surface area contributed by atoms with E-state index in [0.29, 0.717) is 5.69 Å². The SMILES string of the molecule is CON(C)C(=O)c1cccc(S(=O)(=O)N(C)c2ccc(C)cc2)c1. The molecular weight excluding hydrogens is 328 g/mol. The average molecular weight is 348 g/mol. The molecule has 2 aromatic carbocycles. The second-order valence-electron chi connectivity index (χ2n) is 5.32. The number of hydrogen-bond acceptors (Lipinski definition) is 4. The molecule has 0 atom stereocenters. The predicted molar refractivity (Wildman–Crippen MR) is 92.3 cm³/mol. The molecule has 0 aliphatic carbocycles. The summed E-state index contributed by atoms with van der Waals surface area (Å²) in [6.07, 6.45) is 0. The van der Waals surface area contributed by atoms with Crippen molar-refractivity contribution in [3.05, 3.63) is 59.7 Å². The van der Waals surface area contributed by atoms with Crippen molar-refractivity contribution in [3.63, 3.8) is 0 Å². The zero-order chi connectivity index (χ0) is 17.9. The number of nitrogens with zero attached hydrogens (tertiary/aromatic N) is 2. The number of amides is 1. The molecule has 0 saturated heterocycles. The highest BCUT2D eigenvalue weighted by Crippen LogP contribution is 2.23. The third-order valence-electron chi connectivity index (χ3n) is 3.70. The average Bonchev–Trinajstić information content (AvgIpc) is 2.60. The van der Waals surface area contributed by atoms with Crippen LogP contribution in [0.2, 0.25) is 0 Å². The molecule has 2 aromatic rings. The number of hydroxylamine groups is 2. The molecule has 0 fully saturated rings. The Morgan fingerprint density at radius 2 is 1.67 bits per heavy atom. The molecule has 0 N–H and O–H groups in total. The molecule has 0 saturated carbocycles. The molecule has 7 heteroatoms. The summed E-state index contributed by atoms with van der Waals surface area (Å²) in [5.74, 6) is -0.424. The Balaban J connectivity index is 2.39. The van der Waals surface area contributed by atoms with Gasteiger partial charge in [-0.3, -0.25) is 13.9 Å². The lowest BCUT2D eigenvalue weighted by Gasteiger charge is -2.20. The molecular formula is C17H20N2O4S. The van der Waals surface area contributed by atoms with E-state index < -0.39 is 15.9 Å². The number of carbonyl (C=O) groups excluding carboxylic acids is 1. The van der Waals surface area contributed by atoms with Gasteiger partial charge in [-0.15, -0.1) is 0 Å². The topological polar surface area (TPSA) is 66.9 Å². The van der Waals surface area contributed by atoms with Crippen LogP contribution in [0.15, 0.2) is 53.4 Å². The molecule has 0 radical (unpaired) electrons. The Morgan fingerprint density at radius 1 is 1.04 bits per heavy atom. The van der Waals surface area contributed by atoms with E-state index in [-0.39, 0.29) is 10.5 Å². The van der Waals surface area contributed by atoms with Gasteiger partial charge in [0, 0.05) is 19.7 Å². The van der Waals surface area contributed by atoms with Crippen molar-refractivity contribution in [3.8, 4) is 0 Å². The summed E-state index contributed by atoms with van der Waals surface area (Å²) in [4.78, 5) is 17.0. The van der Waals surface area contributed by atoms with Crippen molar-refractivity contribution in [2.75, 3.05) is 25.5 Å². The largest absolute Gasteiger partial charge is 0.277 e. The van der Waals surface area contributed by atoms with Crippen molar-refractivity contribution < 1.29 is 18.0 Å². The van der Waals surface area contributed by atoms with Gasteiger partial charge in [0.25, 0.3) is 15.9 Å². The quantitative estimate of drug-likeness (QED) is 0.779. The van der Waals surface area contributed by atoms with Gasteiger partial charge in [0.05, 0.1) is 17.7 Å². The lowest BCUT2D eigenvalue weighted by atomic mass is 10.2. The molecule has 128 valence electrons. The number of rotatable bonds is 5. The molecule has 24 heavy (non-hydrogen) atoms. The van der Waals surface area contributed by atoms with Crippen LogP contribution in [0, 0.1) is 6.92 Å². The number of benzene rings is 2. The van der Waals surface area contributed by atoms with Crippen LogP contribution in [0.4, 0.5) is 5.69 Å². The summed E-state index contributed by atoms with van der Waals surface area (Å²) in [6, 6.07) is 13.0. The Morgan fingerprint density at radius 3 is 2.25 bits per heavy atom. The maximum absolute atomic E-state index is 12.8. The highest BCUT2D eigenvalue weighted by atomic mass is 32.2. The summed E-state index contributed by atoms with van der Waals surface area (Å²) in [5.41, 5.74) is 1.82. The number of aryl methyl sites for hydroxylation is 1. The van der Waals surface area contributed by atoms with Gasteiger partial charge in [-0.1, -0.05) is 23.8 Å². The van der Waals surface area contributed by atoms with Crippen molar-refractivity contribution in [2.24, 2.45) is 0 Å². The minimum Gasteiger partial charge on any atom is -0.274 e. The Hall–Kier alpha value is -2.38. The lowest BCUT2D eigenvalue weighted by molar-refractivity contribution is -0.0757. The first-order valence-corrected chi connectivity index (χ1v) is 8.69. The zero-order valence-electron chi connectivity index (χ0n) is 14.1. The van der Waals surface area contributed by atoms with Crippen molar-refractivity contribution >= 4 is 21.6 Å². The summed E-state index contributed by atoms with van der Waals surface area (Å²) in [7, 11) is 0.535. The van der Waals surface area contributed by atoms with Gasteiger partial charge in [0.15, 0.2) is 0 Å². The molecule has 0 bridgehead atoms. The van der Waals surface area contributed by atoms with Gasteiger partial charge < -0.3 is 0 Å². The number of sulfonamides is 1. The van der Waals surface area contributed by atoms with Crippen molar-refractivity contribution in [1.82, 2.24) is 5.06 Å². The molecule has 0 heterocycles. The van der Waals surface area contributed by atoms with Crippen molar-refractivity contribution in [1.29, 1.82) is 0 Å². The van der Waals surface area contributed by atoms with Crippen LogP contribution in [0.25, 0.3) is 0 Å². The molecule has 1 amide bonds. The van der Waals surface area contributed by atoms with Gasteiger partial charge >= 0.3 is 0 Å². The predicted octanol–water partition coefficient (Wildman–Crippen LogP) is 2.45. The van der Waals surface area contributed by atoms with E-state index in [1.165, 1.54) is 43.7 Å². The normalized spacial score (nSPS) is 11.2. The highest BCUT2D eigenvalue weighted by molar-refractivity contribution is 7.92. The fourth-order valence-corrected chi connectivity index (χ4v) is 3.35. The Kier molecular flexibility index (Phi) is 5.26. The molecule has 0 aromatic heterocycles. The maximum Gasteiger partial charge on any atom is 0.277 e. The summed E-state index contributed by atoms with van der Waals surface area (Å²) in [5, 5.41) is 1.04. The van der Waals surface area contributed by atoms with Gasteiger partial charge in [0.2, 0.25) is 0 Å². The standard InChI is InChI=1S/C17H20N2O4S/c1-13-8-10-15(11-9-13)19(3)24(21,22)16-7-5-6-14(12-16)17(20)18(2)23-4/h5-12H,1-4H3. The molecule has 0 aliphatic heterocycles. The monoisotopic (exact) mass is 348 g/mol. The number of carbonyl (C=O) groups is 1. The van der Waals surface area contributed by atoms with Crippen LogP contribution in [0.3, 0.4) is 0 Å². The molecule has 0 spiro atoms. The lowest BCUT2D eigenvalue weighted by Crippen LogP contribution is -2.28. The molecule has 0 aliphatic rings. The fraction of sp³-hybridized carbons (Fsp3) is 0.235. The van der Waals surface area contributed by atoms with E-state index in [4.69, 9.17) is 4.84 Å². The van der Waals surface area contributed by atoms with Crippen LogP contribution in [-0.4, -0.2) is 40.6 Å². The fourth-order valence-electron chi connectivity index (χ4n) is 2.11. The van der Waals surface area contributed by atoms with Crippen LogP contribution >= 0.6 is 0 Å². The maximum atomic E-state index is 12.8. The summed E-state index contributed by atoms with van der Waals surface area (Å²) < 4.78 is 26.8. The zero-order valence-corrected chi connectivity index (χ0v) is 14.9. The number of hydrogen-bond donors (Lipinski definition) is 0. The van der Waals surface area contributed by atoms with E-state index >= 15 is 0 Å². The third kappa shape index (κ3) is 3.58. The van der Waals surface area contributed by atoms with Crippen molar-refractivity contribution in [2.45, 2.75) is 11.8 Å². The van der Waals surface area contributed by atoms with Gasteiger partial charge in [0.1, 0.15) is 0 Å². The van der Waals surface area contributed by atoms with E-state index in [9.17, 15) is 13.2 Å². The van der Waals surface area contributed by atoms with E-state index in [2.05, 4.69) is 0 Å². The first kappa shape index (κ1) is 18.0. The van der Waals surface area contributed by atoms with E-state index in [1.54, 1.807) is 18.2 Å². The van der Waals surface area contributed by atoms with Crippen LogP contribution in [-0.2, 0) is 14.9 Å². The Bertz CT molecular complexity index is 832. The minimum absolute atomic E-state index is 0.0425. The Labute approximate surface area is 142 Å². The molecule has 0 unspecified atom stereocenters. The smallest absolute Gasteiger partial charge is 0.274 e. The second-order valence-corrected chi connectivity index (χ2v) is 7.29. The summed E-state index contributed by atoms with van der Waals surface area (Å²) in [6.45, 7) is 1.93. The third-order valence-corrected chi connectivity index (χ3v) is 5.48. The highest BCUT2D eigenvalue weighted by Gasteiger charge is 2.23. The molecule has 6 nitrogen and oxygen atoms in total. The van der Waals surface area contributed by atoms with Crippen LogP contribution in [0.1, 0.15) is 15.9 Å². The van der Waals surface area contributed by atoms with Crippen LogP contribution < -0.4 is 4.31 Å². The second kappa shape index (κ2) is 7.02. The summed E-state index contributed by atoms with van der Waals surface area (Å²) >= 11 is 0. The number of anilines is 1. The first-order valence-electron chi connectivity index (χ1n) is 7.25. The van der Waals surface area contributed by atoms with E-state index in [0.717, 1.165) is 10.6 Å². The van der Waals surface area contributed by atoms with E-state index in [1.807, 2.05) is 19.1 Å². The minimum atomic E-state index is -3.77. The van der Waals surface area contributed by atoms with Gasteiger partial charge in [-0.05, 0) is 37.3 Å². The van der Waals surface area contributed by atoms with Gasteiger partial charge in [-0.25, -0.2) is 13.5 Å². The van der Waals surface area contributed by atoms with Gasteiger partial charge in [-0.2, -0.15) is 0 Å². The van der Waals surface area contributed by atoms with Crippen LogP contribution in [0.5, 0.6) is 0 Å².